The maximum Gasteiger partial charge on any atom is 0.305 e. The number of amides is 1. The molecule has 1 heterocycles. The predicted octanol–water partition coefficient (Wildman–Crippen LogP) is 2.85. The average molecular weight is 288 g/mol. The summed E-state index contributed by atoms with van der Waals surface area (Å²) in [5.74, 6) is -1.12. The first-order chi connectivity index (χ1) is 10.0. The normalized spacial score (nSPS) is 12.3. The number of hydrogen-bond donors (Lipinski definition) is 3. The van der Waals surface area contributed by atoms with Gasteiger partial charge >= 0.3 is 5.97 Å². The molecule has 1 unspecified atom stereocenters. The van der Waals surface area contributed by atoms with Crippen LogP contribution in [0.2, 0.25) is 0 Å². The molecule has 5 heteroatoms. The van der Waals surface area contributed by atoms with E-state index in [2.05, 4.69) is 10.3 Å². The van der Waals surface area contributed by atoms with Gasteiger partial charge in [-0.25, -0.2) is 0 Å². The second-order valence-corrected chi connectivity index (χ2v) is 5.23. The second-order valence-electron chi connectivity index (χ2n) is 5.23. The van der Waals surface area contributed by atoms with Gasteiger partial charge < -0.3 is 15.4 Å². The van der Waals surface area contributed by atoms with Gasteiger partial charge in [0.25, 0.3) is 5.91 Å². The first-order valence-corrected chi connectivity index (χ1v) is 7.13. The Kier molecular flexibility index (Phi) is 4.62. The van der Waals surface area contributed by atoms with Crippen LogP contribution in [-0.2, 0) is 4.79 Å². The summed E-state index contributed by atoms with van der Waals surface area (Å²) in [6.45, 7) is 3.82. The van der Waals surface area contributed by atoms with Crippen molar-refractivity contribution in [3.05, 3.63) is 35.5 Å². The van der Waals surface area contributed by atoms with Gasteiger partial charge in [-0.3, -0.25) is 9.59 Å². The molecule has 2 aromatic rings. The third kappa shape index (κ3) is 3.42. The van der Waals surface area contributed by atoms with Crippen molar-refractivity contribution in [1.29, 1.82) is 0 Å². The fraction of sp³-hybridized carbons (Fsp3) is 0.375. The van der Waals surface area contributed by atoms with Crippen LogP contribution in [0.5, 0.6) is 0 Å². The Hall–Kier alpha value is -2.30. The molecule has 0 aliphatic rings. The molecule has 112 valence electrons. The molecule has 0 aliphatic carbocycles. The zero-order valence-corrected chi connectivity index (χ0v) is 12.3. The number of H-pyrrole nitrogens is 1. The van der Waals surface area contributed by atoms with Crippen LogP contribution in [0.25, 0.3) is 10.9 Å². The maximum atomic E-state index is 12.5. The molecule has 0 saturated carbocycles. The quantitative estimate of drug-likeness (QED) is 0.764. The lowest BCUT2D eigenvalue weighted by Gasteiger charge is -2.16. The number of nitrogens with one attached hydrogen (secondary N) is 2. The summed E-state index contributed by atoms with van der Waals surface area (Å²) in [5.41, 5.74) is 2.29. The number of fused-ring (bicyclic) bond motifs is 1. The van der Waals surface area contributed by atoms with Crippen molar-refractivity contribution in [2.24, 2.45) is 0 Å². The highest BCUT2D eigenvalue weighted by Crippen LogP contribution is 2.22. The van der Waals surface area contributed by atoms with E-state index in [9.17, 15) is 9.59 Å². The minimum Gasteiger partial charge on any atom is -0.481 e. The molecule has 5 nitrogen and oxygen atoms in total. The minimum absolute atomic E-state index is 0.0546. The topological polar surface area (TPSA) is 82.2 Å². The third-order valence-corrected chi connectivity index (χ3v) is 3.51. The number of aromatic amines is 1. The molecule has 0 bridgehead atoms. The van der Waals surface area contributed by atoms with E-state index in [0.29, 0.717) is 12.0 Å². The van der Waals surface area contributed by atoms with Crippen LogP contribution in [0.4, 0.5) is 0 Å². The molecule has 1 aromatic carbocycles. The number of carbonyl (C=O) groups excluding carboxylic acids is 1. The third-order valence-electron chi connectivity index (χ3n) is 3.51. The van der Waals surface area contributed by atoms with Gasteiger partial charge in [-0.15, -0.1) is 0 Å². The molecule has 1 aromatic heterocycles. The molecule has 0 radical (unpaired) electrons. The largest absolute Gasteiger partial charge is 0.481 e. The maximum absolute atomic E-state index is 12.5. The Labute approximate surface area is 123 Å². The van der Waals surface area contributed by atoms with Crippen molar-refractivity contribution in [2.45, 2.75) is 39.2 Å². The number of aliphatic carboxylic acids is 1. The number of aryl methyl sites for hydroxylation is 1. The summed E-state index contributed by atoms with van der Waals surface area (Å²) < 4.78 is 0. The fourth-order valence-electron chi connectivity index (χ4n) is 2.61. The van der Waals surface area contributed by atoms with Crippen LogP contribution in [0.3, 0.4) is 0 Å². The number of carboxylic acids is 1. The lowest BCUT2D eigenvalue weighted by Crippen LogP contribution is -2.36. The Morgan fingerprint density at radius 2 is 2.05 bits per heavy atom. The lowest BCUT2D eigenvalue weighted by atomic mass is 10.1. The summed E-state index contributed by atoms with van der Waals surface area (Å²) in [4.78, 5) is 26.5. The van der Waals surface area contributed by atoms with Crippen LogP contribution in [0.15, 0.2) is 24.3 Å². The number of carboxylic acid groups (broad SMARTS) is 1. The Balaban J connectivity index is 2.25. The first-order valence-electron chi connectivity index (χ1n) is 7.13. The van der Waals surface area contributed by atoms with E-state index in [1.165, 1.54) is 0 Å². The first kappa shape index (κ1) is 15.1. The van der Waals surface area contributed by atoms with Crippen LogP contribution in [0.1, 0.15) is 42.2 Å². The highest BCUT2D eigenvalue weighted by molar-refractivity contribution is 6.08. The van der Waals surface area contributed by atoms with Gasteiger partial charge in [0.15, 0.2) is 0 Å². The van der Waals surface area contributed by atoms with Crippen molar-refractivity contribution >= 4 is 22.8 Å². The van der Waals surface area contributed by atoms with E-state index in [1.54, 1.807) is 0 Å². The zero-order valence-electron chi connectivity index (χ0n) is 12.3. The number of benzene rings is 1. The molecule has 1 amide bonds. The van der Waals surface area contributed by atoms with Gasteiger partial charge in [0.2, 0.25) is 0 Å². The molecule has 0 aliphatic heterocycles. The van der Waals surface area contributed by atoms with Crippen LogP contribution >= 0.6 is 0 Å². The van der Waals surface area contributed by atoms with Gasteiger partial charge in [0.05, 0.1) is 12.0 Å². The Morgan fingerprint density at radius 1 is 1.33 bits per heavy atom. The van der Waals surface area contributed by atoms with Crippen molar-refractivity contribution < 1.29 is 14.7 Å². The van der Waals surface area contributed by atoms with E-state index >= 15 is 0 Å². The van der Waals surface area contributed by atoms with E-state index in [1.807, 2.05) is 38.1 Å². The van der Waals surface area contributed by atoms with E-state index in [-0.39, 0.29) is 18.4 Å². The number of hydrogen-bond acceptors (Lipinski definition) is 2. The average Bonchev–Trinajstić information content (AvgIpc) is 2.73. The zero-order chi connectivity index (χ0) is 15.4. The minimum atomic E-state index is -0.899. The molecule has 21 heavy (non-hydrogen) atoms. The number of rotatable bonds is 6. The monoisotopic (exact) mass is 288 g/mol. The molecule has 3 N–H and O–H groups in total. The van der Waals surface area contributed by atoms with Crippen molar-refractivity contribution in [3.63, 3.8) is 0 Å². The van der Waals surface area contributed by atoms with Crippen molar-refractivity contribution in [3.8, 4) is 0 Å². The summed E-state index contributed by atoms with van der Waals surface area (Å²) in [7, 11) is 0. The lowest BCUT2D eigenvalue weighted by molar-refractivity contribution is -0.137. The van der Waals surface area contributed by atoms with Crippen LogP contribution < -0.4 is 5.32 Å². The molecular formula is C16H20N2O3. The van der Waals surface area contributed by atoms with E-state index < -0.39 is 5.97 Å². The summed E-state index contributed by atoms with van der Waals surface area (Å²) in [5, 5.41) is 12.6. The fourth-order valence-corrected chi connectivity index (χ4v) is 2.61. The molecule has 0 saturated heterocycles. The highest BCUT2D eigenvalue weighted by Gasteiger charge is 2.20. The predicted molar refractivity (Wildman–Crippen MR) is 81.5 cm³/mol. The van der Waals surface area contributed by atoms with Crippen LogP contribution in [0, 0.1) is 6.92 Å². The molecule has 0 spiro atoms. The van der Waals surface area contributed by atoms with Gasteiger partial charge in [0.1, 0.15) is 0 Å². The SMILES string of the molecule is CCCC(CC(=O)O)NC(=O)c1c(C)[nH]c2ccccc12. The Bertz CT molecular complexity index is 661. The summed E-state index contributed by atoms with van der Waals surface area (Å²) >= 11 is 0. The van der Waals surface area contributed by atoms with Gasteiger partial charge in [-0.1, -0.05) is 31.5 Å². The molecule has 1 atom stereocenters. The van der Waals surface area contributed by atoms with Crippen molar-refractivity contribution in [1.82, 2.24) is 10.3 Å². The number of carbonyl (C=O) groups is 2. The van der Waals surface area contributed by atoms with Gasteiger partial charge in [-0.2, -0.15) is 0 Å². The number of aromatic nitrogens is 1. The second kappa shape index (κ2) is 6.43. The smallest absolute Gasteiger partial charge is 0.305 e. The van der Waals surface area contributed by atoms with Gasteiger partial charge in [-0.05, 0) is 19.4 Å². The molecular weight excluding hydrogens is 268 g/mol. The summed E-state index contributed by atoms with van der Waals surface area (Å²) in [6.07, 6.45) is 1.42. The highest BCUT2D eigenvalue weighted by atomic mass is 16.4. The van der Waals surface area contributed by atoms with Crippen LogP contribution in [-0.4, -0.2) is 28.0 Å². The van der Waals surface area contributed by atoms with Crippen molar-refractivity contribution in [2.75, 3.05) is 0 Å². The Morgan fingerprint density at radius 3 is 2.71 bits per heavy atom. The van der Waals surface area contributed by atoms with E-state index in [4.69, 9.17) is 5.11 Å². The number of para-hydroxylation sites is 1. The standard InChI is InChI=1S/C16H20N2O3/c1-3-6-11(9-14(19)20)18-16(21)15-10(2)17-13-8-5-4-7-12(13)15/h4-5,7-8,11,17H,3,6,9H2,1-2H3,(H,18,21)(H,19,20). The molecule has 2 rings (SSSR count). The van der Waals surface area contributed by atoms with E-state index in [0.717, 1.165) is 23.0 Å². The van der Waals surface area contributed by atoms with Gasteiger partial charge in [0, 0.05) is 22.6 Å². The summed E-state index contributed by atoms with van der Waals surface area (Å²) in [6, 6.07) is 7.25. The molecule has 0 fully saturated rings.